The maximum atomic E-state index is 13.4. The molecule has 0 bridgehead atoms. The predicted octanol–water partition coefficient (Wildman–Crippen LogP) is 2.83. The fraction of sp³-hybridized carbons (Fsp3) is 0.833. The number of carboxylic acid groups (broad SMARTS) is 2. The molecule has 33 heavy (non-hydrogen) atoms. The number of aliphatic carboxylic acids is 2. The number of hydrogen-bond acceptors (Lipinski definition) is 5. The second-order valence-corrected chi connectivity index (χ2v) is 8.96. The average molecular weight is 470 g/mol. The molecule has 2 aliphatic carbocycles. The topological polar surface area (TPSA) is 118 Å². The summed E-state index contributed by atoms with van der Waals surface area (Å²) in [5.41, 5.74) is 0. The third-order valence-corrected chi connectivity index (χ3v) is 6.76. The Kier molecular flexibility index (Phi) is 13.7. The molecule has 0 saturated heterocycles. The van der Waals surface area contributed by atoms with Crippen molar-refractivity contribution in [1.29, 1.82) is 0 Å². The number of rotatable bonds is 9. The molecule has 0 aliphatic heterocycles. The van der Waals surface area contributed by atoms with Gasteiger partial charge in [0.2, 0.25) is 11.8 Å². The molecule has 0 aromatic carbocycles. The lowest BCUT2D eigenvalue weighted by molar-refractivity contribution is -0.159. The number of carbonyl (C=O) groups is 4. The fourth-order valence-corrected chi connectivity index (χ4v) is 4.82. The van der Waals surface area contributed by atoms with E-state index in [1.165, 1.54) is 38.5 Å². The minimum atomic E-state index is -1.82. The van der Waals surface area contributed by atoms with E-state index >= 15 is 0 Å². The van der Waals surface area contributed by atoms with E-state index in [9.17, 15) is 9.59 Å². The van der Waals surface area contributed by atoms with Crippen molar-refractivity contribution in [3.8, 4) is 0 Å². The molecule has 0 spiro atoms. The van der Waals surface area contributed by atoms with Crippen molar-refractivity contribution >= 4 is 23.8 Å². The Bertz CT molecular complexity index is 596. The molecule has 2 aliphatic rings. The molecule has 0 aromatic heterocycles. The van der Waals surface area contributed by atoms with E-state index < -0.39 is 11.9 Å². The highest BCUT2D eigenvalue weighted by Crippen LogP contribution is 2.30. The molecule has 2 amide bonds. The molecule has 0 atom stereocenters. The van der Waals surface area contributed by atoms with Crippen LogP contribution in [-0.2, 0) is 19.2 Å². The fourth-order valence-electron chi connectivity index (χ4n) is 4.82. The second-order valence-electron chi connectivity index (χ2n) is 8.96. The number of carboxylic acids is 2. The van der Waals surface area contributed by atoms with E-state index in [1.807, 2.05) is 0 Å². The Balaban J connectivity index is 0.000000801. The van der Waals surface area contributed by atoms with Crippen molar-refractivity contribution < 1.29 is 29.4 Å². The summed E-state index contributed by atoms with van der Waals surface area (Å²) >= 11 is 0. The van der Waals surface area contributed by atoms with Crippen molar-refractivity contribution in [3.63, 3.8) is 0 Å². The van der Waals surface area contributed by atoms with Gasteiger partial charge in [-0.15, -0.1) is 0 Å². The monoisotopic (exact) mass is 469 g/mol. The van der Waals surface area contributed by atoms with Gasteiger partial charge in [0, 0.05) is 32.1 Å². The van der Waals surface area contributed by atoms with Crippen LogP contribution in [0.15, 0.2) is 0 Å². The zero-order chi connectivity index (χ0) is 24.8. The van der Waals surface area contributed by atoms with Crippen LogP contribution in [-0.4, -0.2) is 93.5 Å². The van der Waals surface area contributed by atoms with Crippen molar-refractivity contribution in [3.05, 3.63) is 0 Å². The average Bonchev–Trinajstić information content (AvgIpc) is 2.80. The molecule has 9 nitrogen and oxygen atoms in total. The van der Waals surface area contributed by atoms with Crippen molar-refractivity contribution in [1.82, 2.24) is 14.7 Å². The first-order chi connectivity index (χ1) is 15.7. The SMILES string of the molecule is CCN(CC)CCN(CC(=O)N(C1CCCCC1)C1CCCCC1)C(C)=O.O=C(O)C(=O)O. The third kappa shape index (κ3) is 10.5. The molecule has 190 valence electrons. The smallest absolute Gasteiger partial charge is 0.414 e. The van der Waals surface area contributed by atoms with Crippen molar-refractivity contribution in [2.75, 3.05) is 32.7 Å². The van der Waals surface area contributed by atoms with Crippen LogP contribution in [0.5, 0.6) is 0 Å². The maximum absolute atomic E-state index is 13.4. The third-order valence-electron chi connectivity index (χ3n) is 6.76. The maximum Gasteiger partial charge on any atom is 0.414 e. The summed E-state index contributed by atoms with van der Waals surface area (Å²) in [6, 6.07) is 0.789. The minimum absolute atomic E-state index is 0.0164. The summed E-state index contributed by atoms with van der Waals surface area (Å²) in [4.78, 5) is 50.0. The van der Waals surface area contributed by atoms with Gasteiger partial charge in [-0.1, -0.05) is 52.4 Å². The van der Waals surface area contributed by atoms with Crippen LogP contribution >= 0.6 is 0 Å². The van der Waals surface area contributed by atoms with Gasteiger partial charge in [0.15, 0.2) is 0 Å². The lowest BCUT2D eigenvalue weighted by Gasteiger charge is -2.42. The van der Waals surface area contributed by atoms with Gasteiger partial charge in [0.1, 0.15) is 0 Å². The molecule has 2 saturated carbocycles. The lowest BCUT2D eigenvalue weighted by Crippen LogP contribution is -2.53. The van der Waals surface area contributed by atoms with Gasteiger partial charge in [-0.05, 0) is 38.8 Å². The molecule has 0 radical (unpaired) electrons. The molecule has 0 aromatic rings. The summed E-state index contributed by atoms with van der Waals surface area (Å²) in [5, 5.41) is 14.8. The summed E-state index contributed by atoms with van der Waals surface area (Å²) in [7, 11) is 0. The van der Waals surface area contributed by atoms with Crippen molar-refractivity contribution in [2.45, 2.75) is 97.1 Å². The molecule has 2 rings (SSSR count). The summed E-state index contributed by atoms with van der Waals surface area (Å²) in [6.07, 6.45) is 12.1. The van der Waals surface area contributed by atoms with Crippen LogP contribution in [0.2, 0.25) is 0 Å². The van der Waals surface area contributed by atoms with Crippen LogP contribution < -0.4 is 0 Å². The highest BCUT2D eigenvalue weighted by Gasteiger charge is 2.33. The van der Waals surface area contributed by atoms with Gasteiger partial charge in [-0.25, -0.2) is 9.59 Å². The lowest BCUT2D eigenvalue weighted by atomic mass is 9.88. The van der Waals surface area contributed by atoms with Gasteiger partial charge in [0.05, 0.1) is 6.54 Å². The van der Waals surface area contributed by atoms with Crippen LogP contribution in [0.3, 0.4) is 0 Å². The summed E-state index contributed by atoms with van der Waals surface area (Å²) < 4.78 is 0. The van der Waals surface area contributed by atoms with E-state index in [1.54, 1.807) is 11.8 Å². The second kappa shape index (κ2) is 15.6. The molecule has 2 fully saturated rings. The van der Waals surface area contributed by atoms with Crippen LogP contribution in [0.1, 0.15) is 85.0 Å². The van der Waals surface area contributed by atoms with Gasteiger partial charge in [-0.3, -0.25) is 9.59 Å². The highest BCUT2D eigenvalue weighted by atomic mass is 16.4. The number of amides is 2. The first kappa shape index (κ1) is 28.9. The molecular weight excluding hydrogens is 426 g/mol. The van der Waals surface area contributed by atoms with E-state index in [2.05, 4.69) is 23.6 Å². The quantitative estimate of drug-likeness (QED) is 0.499. The summed E-state index contributed by atoms with van der Waals surface area (Å²) in [6.45, 7) is 9.57. The van der Waals surface area contributed by atoms with Gasteiger partial charge >= 0.3 is 11.9 Å². The van der Waals surface area contributed by atoms with Crippen molar-refractivity contribution in [2.24, 2.45) is 0 Å². The number of likely N-dealkylation sites (N-methyl/N-ethyl adjacent to an activating group) is 1. The standard InChI is InChI=1S/C22H41N3O2.C2H2O4/c1-4-23(5-2)16-17-24(19(3)26)18-22(27)25(20-12-8-6-9-13-20)21-14-10-7-11-15-21;3-1(4)2(5)6/h20-21H,4-18H2,1-3H3;(H,3,4)(H,5,6). The molecule has 9 heteroatoms. The first-order valence-corrected chi connectivity index (χ1v) is 12.5. The Hall–Kier alpha value is -2.16. The molecule has 0 unspecified atom stereocenters. The zero-order valence-electron chi connectivity index (χ0n) is 20.6. The zero-order valence-corrected chi connectivity index (χ0v) is 20.6. The van der Waals surface area contributed by atoms with E-state index in [4.69, 9.17) is 19.8 Å². The molecular formula is C24H43N3O6. The Morgan fingerprint density at radius 3 is 1.48 bits per heavy atom. The van der Waals surface area contributed by atoms with Gasteiger partial charge in [-0.2, -0.15) is 0 Å². The summed E-state index contributed by atoms with van der Waals surface area (Å²) in [5.74, 6) is -3.45. The molecule has 0 heterocycles. The number of nitrogens with zero attached hydrogens (tertiary/aromatic N) is 3. The number of carbonyl (C=O) groups excluding carboxylic acids is 2. The highest BCUT2D eigenvalue weighted by molar-refractivity contribution is 6.27. The number of hydrogen-bond donors (Lipinski definition) is 2. The Morgan fingerprint density at radius 2 is 1.15 bits per heavy atom. The van der Waals surface area contributed by atoms with E-state index in [0.29, 0.717) is 18.6 Å². The Labute approximate surface area is 198 Å². The van der Waals surface area contributed by atoms with Crippen LogP contribution in [0, 0.1) is 0 Å². The largest absolute Gasteiger partial charge is 0.473 e. The van der Waals surface area contributed by atoms with Gasteiger partial charge in [0.25, 0.3) is 0 Å². The Morgan fingerprint density at radius 1 is 0.727 bits per heavy atom. The van der Waals surface area contributed by atoms with Gasteiger partial charge < -0.3 is 24.9 Å². The normalized spacial score (nSPS) is 17.1. The minimum Gasteiger partial charge on any atom is -0.473 e. The predicted molar refractivity (Wildman–Crippen MR) is 126 cm³/mol. The van der Waals surface area contributed by atoms with Crippen LogP contribution in [0.25, 0.3) is 0 Å². The molecule has 2 N–H and O–H groups in total. The van der Waals surface area contributed by atoms with E-state index in [-0.39, 0.29) is 18.4 Å². The van der Waals surface area contributed by atoms with E-state index in [0.717, 1.165) is 45.3 Å². The van der Waals surface area contributed by atoms with Crippen LogP contribution in [0.4, 0.5) is 0 Å². The first-order valence-electron chi connectivity index (χ1n) is 12.5.